The van der Waals surface area contributed by atoms with E-state index in [2.05, 4.69) is 12.2 Å². The van der Waals surface area contributed by atoms with Crippen LogP contribution in [0.1, 0.15) is 19.4 Å². The summed E-state index contributed by atoms with van der Waals surface area (Å²) < 4.78 is 11.0. The monoisotopic (exact) mass is 253 g/mol. The predicted octanol–water partition coefficient (Wildman–Crippen LogP) is 1.61. The van der Waals surface area contributed by atoms with E-state index < -0.39 is 5.54 Å². The van der Waals surface area contributed by atoms with Crippen molar-refractivity contribution in [3.8, 4) is 11.5 Å². The number of rotatable bonds is 7. The molecule has 0 saturated carbocycles. The predicted molar refractivity (Wildman–Crippen MR) is 72.4 cm³/mol. The lowest BCUT2D eigenvalue weighted by Crippen LogP contribution is -2.48. The molecule has 4 heteroatoms. The first-order chi connectivity index (χ1) is 8.58. The summed E-state index contributed by atoms with van der Waals surface area (Å²) in [5.74, 6) is 1.43. The van der Waals surface area contributed by atoms with Crippen LogP contribution in [0.4, 0.5) is 0 Å². The van der Waals surface area contributed by atoms with Gasteiger partial charge in [0, 0.05) is 0 Å². The first-order valence-corrected chi connectivity index (χ1v) is 6.18. The quantitative estimate of drug-likeness (QED) is 0.775. The molecule has 0 aromatic heterocycles. The largest absolute Gasteiger partial charge is 0.493 e. The number of benzene rings is 1. The molecule has 0 saturated heterocycles. The summed E-state index contributed by atoms with van der Waals surface area (Å²) in [6.45, 7) is 4.39. The Hall–Kier alpha value is -1.26. The van der Waals surface area contributed by atoms with Crippen molar-refractivity contribution in [1.82, 2.24) is 5.32 Å². The maximum atomic E-state index is 9.30. The van der Waals surface area contributed by atoms with Crippen molar-refractivity contribution in [1.29, 1.82) is 0 Å². The van der Waals surface area contributed by atoms with Crippen LogP contribution in [0.25, 0.3) is 0 Å². The van der Waals surface area contributed by atoms with Crippen LogP contribution in [0.5, 0.6) is 11.5 Å². The summed E-state index contributed by atoms with van der Waals surface area (Å²) in [5.41, 5.74) is 0.756. The lowest BCUT2D eigenvalue weighted by atomic mass is 10.1. The Morgan fingerprint density at radius 3 is 2.56 bits per heavy atom. The first kappa shape index (κ1) is 14.8. The van der Waals surface area contributed by atoms with Gasteiger partial charge in [-0.3, -0.25) is 0 Å². The molecule has 0 aliphatic rings. The Balaban J connectivity index is 2.78. The zero-order valence-electron chi connectivity index (χ0n) is 11.6. The minimum atomic E-state index is -0.450. The van der Waals surface area contributed by atoms with Crippen molar-refractivity contribution in [3.05, 3.63) is 23.8 Å². The molecule has 1 aromatic carbocycles. The Kier molecular flexibility index (Phi) is 5.44. The lowest BCUT2D eigenvalue weighted by molar-refractivity contribution is 0.120. The molecule has 1 aromatic rings. The van der Waals surface area contributed by atoms with Crippen LogP contribution in [0, 0.1) is 0 Å². The van der Waals surface area contributed by atoms with Gasteiger partial charge in [0.2, 0.25) is 0 Å². The fourth-order valence-corrected chi connectivity index (χ4v) is 1.49. The number of ether oxygens (including phenoxy) is 2. The van der Waals surface area contributed by atoms with Crippen molar-refractivity contribution in [2.75, 3.05) is 27.4 Å². The Morgan fingerprint density at radius 2 is 2.06 bits per heavy atom. The number of hydrogen-bond acceptors (Lipinski definition) is 4. The van der Waals surface area contributed by atoms with Crippen molar-refractivity contribution in [2.45, 2.75) is 25.8 Å². The van der Waals surface area contributed by atoms with Crippen LogP contribution in [0.2, 0.25) is 0 Å². The van der Waals surface area contributed by atoms with E-state index in [1.807, 2.05) is 25.1 Å². The fourth-order valence-electron chi connectivity index (χ4n) is 1.49. The van der Waals surface area contributed by atoms with Crippen molar-refractivity contribution in [3.63, 3.8) is 0 Å². The number of aryl methyl sites for hydroxylation is 1. The molecular weight excluding hydrogens is 230 g/mol. The third kappa shape index (κ3) is 3.62. The fraction of sp³-hybridized carbons (Fsp3) is 0.571. The molecular formula is C14H23NO3. The third-order valence-electron chi connectivity index (χ3n) is 3.14. The SMILES string of the molecule is CCc1ccc(OCC(C)(CO)NC)c(OC)c1. The molecule has 1 unspecified atom stereocenters. The van der Waals surface area contributed by atoms with Gasteiger partial charge in [-0.15, -0.1) is 0 Å². The van der Waals surface area contributed by atoms with Crippen LogP contribution in [0.15, 0.2) is 18.2 Å². The van der Waals surface area contributed by atoms with Crippen LogP contribution >= 0.6 is 0 Å². The highest BCUT2D eigenvalue weighted by atomic mass is 16.5. The zero-order valence-corrected chi connectivity index (χ0v) is 11.6. The van der Waals surface area contributed by atoms with Gasteiger partial charge in [-0.25, -0.2) is 0 Å². The molecule has 1 rings (SSSR count). The highest BCUT2D eigenvalue weighted by Gasteiger charge is 2.22. The minimum Gasteiger partial charge on any atom is -0.493 e. The van der Waals surface area contributed by atoms with E-state index in [1.165, 1.54) is 5.56 Å². The Labute approximate surface area is 109 Å². The number of likely N-dealkylation sites (N-methyl/N-ethyl adjacent to an activating group) is 1. The van der Waals surface area contributed by atoms with E-state index >= 15 is 0 Å². The summed E-state index contributed by atoms with van der Waals surface area (Å²) in [6, 6.07) is 5.91. The molecule has 0 fully saturated rings. The average Bonchev–Trinajstić information content (AvgIpc) is 2.44. The molecule has 102 valence electrons. The number of methoxy groups -OCH3 is 1. The molecule has 0 spiro atoms. The summed E-state index contributed by atoms with van der Waals surface area (Å²) in [6.07, 6.45) is 0.960. The molecule has 0 aliphatic heterocycles. The van der Waals surface area contributed by atoms with E-state index in [9.17, 15) is 5.11 Å². The highest BCUT2D eigenvalue weighted by molar-refractivity contribution is 5.43. The van der Waals surface area contributed by atoms with Gasteiger partial charge in [0.25, 0.3) is 0 Å². The second-order valence-electron chi connectivity index (χ2n) is 4.60. The molecule has 0 heterocycles. The number of aliphatic hydroxyl groups excluding tert-OH is 1. The van der Waals surface area contributed by atoms with Gasteiger partial charge in [0.15, 0.2) is 11.5 Å². The number of nitrogens with one attached hydrogen (secondary N) is 1. The van der Waals surface area contributed by atoms with Gasteiger partial charge in [-0.2, -0.15) is 0 Å². The van der Waals surface area contributed by atoms with E-state index in [0.717, 1.165) is 12.2 Å². The summed E-state index contributed by atoms with van der Waals surface area (Å²) >= 11 is 0. The van der Waals surface area contributed by atoms with Gasteiger partial charge >= 0.3 is 0 Å². The topological polar surface area (TPSA) is 50.7 Å². The Bertz CT molecular complexity index is 375. The Morgan fingerprint density at radius 1 is 1.33 bits per heavy atom. The second-order valence-corrected chi connectivity index (χ2v) is 4.60. The summed E-state index contributed by atoms with van der Waals surface area (Å²) in [4.78, 5) is 0. The van der Waals surface area contributed by atoms with E-state index in [1.54, 1.807) is 14.2 Å². The maximum absolute atomic E-state index is 9.30. The van der Waals surface area contributed by atoms with Crippen LogP contribution in [0.3, 0.4) is 0 Å². The molecule has 0 amide bonds. The highest BCUT2D eigenvalue weighted by Crippen LogP contribution is 2.28. The van der Waals surface area contributed by atoms with Gasteiger partial charge in [0.1, 0.15) is 6.61 Å². The standard InChI is InChI=1S/C14H23NO3/c1-5-11-6-7-12(13(8-11)17-4)18-10-14(2,9-16)15-3/h6-8,15-16H,5,9-10H2,1-4H3. The van der Waals surface area contributed by atoms with E-state index in [0.29, 0.717) is 12.4 Å². The number of aliphatic hydroxyl groups is 1. The lowest BCUT2D eigenvalue weighted by Gasteiger charge is -2.27. The van der Waals surface area contributed by atoms with Crippen molar-refractivity contribution < 1.29 is 14.6 Å². The molecule has 0 bridgehead atoms. The smallest absolute Gasteiger partial charge is 0.161 e. The third-order valence-corrected chi connectivity index (χ3v) is 3.14. The van der Waals surface area contributed by atoms with E-state index in [4.69, 9.17) is 9.47 Å². The number of hydrogen-bond donors (Lipinski definition) is 2. The minimum absolute atomic E-state index is 0.0128. The summed E-state index contributed by atoms with van der Waals surface area (Å²) in [5, 5.41) is 12.3. The van der Waals surface area contributed by atoms with E-state index in [-0.39, 0.29) is 6.61 Å². The average molecular weight is 253 g/mol. The normalized spacial score (nSPS) is 14.1. The molecule has 0 radical (unpaired) electrons. The second kappa shape index (κ2) is 6.61. The zero-order chi connectivity index (χ0) is 13.6. The summed E-state index contributed by atoms with van der Waals surface area (Å²) in [7, 11) is 3.43. The molecule has 4 nitrogen and oxygen atoms in total. The van der Waals surface area contributed by atoms with Gasteiger partial charge in [0.05, 0.1) is 19.3 Å². The maximum Gasteiger partial charge on any atom is 0.161 e. The van der Waals surface area contributed by atoms with Crippen LogP contribution in [-0.4, -0.2) is 38.0 Å². The first-order valence-electron chi connectivity index (χ1n) is 6.18. The molecule has 0 aliphatic carbocycles. The van der Waals surface area contributed by atoms with Crippen LogP contribution < -0.4 is 14.8 Å². The van der Waals surface area contributed by atoms with Crippen molar-refractivity contribution >= 4 is 0 Å². The van der Waals surface area contributed by atoms with Gasteiger partial charge in [-0.05, 0) is 38.1 Å². The molecule has 2 N–H and O–H groups in total. The van der Waals surface area contributed by atoms with Gasteiger partial charge < -0.3 is 19.9 Å². The van der Waals surface area contributed by atoms with Gasteiger partial charge in [-0.1, -0.05) is 13.0 Å². The van der Waals surface area contributed by atoms with Crippen LogP contribution in [-0.2, 0) is 6.42 Å². The van der Waals surface area contributed by atoms with Crippen molar-refractivity contribution in [2.24, 2.45) is 0 Å². The molecule has 1 atom stereocenters. The molecule has 18 heavy (non-hydrogen) atoms.